The van der Waals surface area contributed by atoms with Gasteiger partial charge in [-0.1, -0.05) is 11.6 Å². The Balaban J connectivity index is 2.31. The maximum Gasteiger partial charge on any atom is 0.244 e. The van der Waals surface area contributed by atoms with Gasteiger partial charge in [-0.3, -0.25) is 0 Å². The topological polar surface area (TPSA) is 82.5 Å². The second kappa shape index (κ2) is 5.62. The molecule has 1 aliphatic rings. The van der Waals surface area contributed by atoms with Gasteiger partial charge in [-0.05, 0) is 18.9 Å². The standard InChI is InChI=1S/C11H16ClN3O3S/c1-13-11-10(12)5-9(6-14-11)19(17,18)15-4-2-3-8(16)7-15/h5-6,8,16H,2-4,7H2,1H3,(H,13,14). The largest absolute Gasteiger partial charge is 0.392 e. The van der Waals surface area contributed by atoms with E-state index in [1.807, 2.05) is 0 Å². The summed E-state index contributed by atoms with van der Waals surface area (Å²) in [6.07, 6.45) is 1.94. The van der Waals surface area contributed by atoms with E-state index in [4.69, 9.17) is 11.6 Å². The summed E-state index contributed by atoms with van der Waals surface area (Å²) in [6.45, 7) is 0.526. The van der Waals surface area contributed by atoms with E-state index < -0.39 is 16.1 Å². The molecule has 8 heteroatoms. The molecule has 0 bridgehead atoms. The summed E-state index contributed by atoms with van der Waals surface area (Å²) in [7, 11) is -1.99. The lowest BCUT2D eigenvalue weighted by molar-refractivity contribution is 0.108. The van der Waals surface area contributed by atoms with Crippen molar-refractivity contribution in [2.75, 3.05) is 25.5 Å². The SMILES string of the molecule is CNc1ncc(S(=O)(=O)N2CCCC(O)C2)cc1Cl. The molecular formula is C11H16ClN3O3S. The van der Waals surface area contributed by atoms with Crippen molar-refractivity contribution < 1.29 is 13.5 Å². The van der Waals surface area contributed by atoms with E-state index in [1.165, 1.54) is 16.6 Å². The molecule has 2 N–H and O–H groups in total. The fourth-order valence-electron chi connectivity index (χ4n) is 2.03. The molecule has 2 heterocycles. The van der Waals surface area contributed by atoms with Gasteiger partial charge in [-0.2, -0.15) is 4.31 Å². The molecule has 19 heavy (non-hydrogen) atoms. The van der Waals surface area contributed by atoms with E-state index >= 15 is 0 Å². The minimum atomic E-state index is -3.64. The molecule has 0 saturated carbocycles. The van der Waals surface area contributed by atoms with Gasteiger partial charge in [0.05, 0.1) is 11.1 Å². The molecule has 1 unspecified atom stereocenters. The number of halogens is 1. The number of nitrogens with zero attached hydrogens (tertiary/aromatic N) is 2. The van der Waals surface area contributed by atoms with Crippen LogP contribution in [0.4, 0.5) is 5.82 Å². The van der Waals surface area contributed by atoms with Gasteiger partial charge in [0, 0.05) is 26.3 Å². The normalized spacial score (nSPS) is 21.3. The monoisotopic (exact) mass is 305 g/mol. The fraction of sp³-hybridized carbons (Fsp3) is 0.545. The van der Waals surface area contributed by atoms with Crippen molar-refractivity contribution >= 4 is 27.4 Å². The van der Waals surface area contributed by atoms with Gasteiger partial charge >= 0.3 is 0 Å². The first-order chi connectivity index (χ1) is 8.95. The Labute approximate surface area is 117 Å². The number of nitrogens with one attached hydrogen (secondary N) is 1. The summed E-state index contributed by atoms with van der Waals surface area (Å²) in [5.41, 5.74) is 0. The number of aliphatic hydroxyl groups is 1. The first-order valence-electron chi connectivity index (χ1n) is 5.96. The van der Waals surface area contributed by atoms with Crippen LogP contribution in [0.3, 0.4) is 0 Å². The number of aliphatic hydroxyl groups excluding tert-OH is 1. The molecule has 6 nitrogen and oxygen atoms in total. The molecular weight excluding hydrogens is 290 g/mol. The summed E-state index contributed by atoms with van der Waals surface area (Å²) < 4.78 is 26.0. The lowest BCUT2D eigenvalue weighted by atomic mass is 10.1. The van der Waals surface area contributed by atoms with Crippen molar-refractivity contribution in [1.29, 1.82) is 0 Å². The van der Waals surface area contributed by atoms with Crippen LogP contribution >= 0.6 is 11.6 Å². The molecule has 1 aromatic rings. The summed E-state index contributed by atoms with van der Waals surface area (Å²) in [4.78, 5) is 4.01. The predicted molar refractivity (Wildman–Crippen MR) is 72.8 cm³/mol. The van der Waals surface area contributed by atoms with Crippen LogP contribution < -0.4 is 5.32 Å². The lowest BCUT2D eigenvalue weighted by Crippen LogP contribution is -2.42. The third-order valence-corrected chi connectivity index (χ3v) is 5.17. The fourth-order valence-corrected chi connectivity index (χ4v) is 3.85. The number of pyridine rings is 1. The van der Waals surface area contributed by atoms with Gasteiger partial charge in [0.2, 0.25) is 10.0 Å². The zero-order valence-electron chi connectivity index (χ0n) is 10.5. The number of sulfonamides is 1. The number of anilines is 1. The molecule has 0 radical (unpaired) electrons. The zero-order chi connectivity index (χ0) is 14.0. The highest BCUT2D eigenvalue weighted by Crippen LogP contribution is 2.25. The summed E-state index contributed by atoms with van der Waals surface area (Å²) >= 11 is 5.95. The Kier molecular flexibility index (Phi) is 4.29. The molecule has 1 aliphatic heterocycles. The number of hydrogen-bond donors (Lipinski definition) is 2. The van der Waals surface area contributed by atoms with Crippen molar-refractivity contribution in [1.82, 2.24) is 9.29 Å². The summed E-state index contributed by atoms with van der Waals surface area (Å²) in [5, 5.41) is 12.6. The van der Waals surface area contributed by atoms with Crippen molar-refractivity contribution in [3.8, 4) is 0 Å². The van der Waals surface area contributed by atoms with Crippen LogP contribution in [0.1, 0.15) is 12.8 Å². The molecule has 1 fully saturated rings. The van der Waals surface area contributed by atoms with E-state index in [0.29, 0.717) is 25.2 Å². The maximum atomic E-state index is 12.4. The number of rotatable bonds is 3. The summed E-state index contributed by atoms with van der Waals surface area (Å²) in [5.74, 6) is 0.430. The average Bonchev–Trinajstić information content (AvgIpc) is 2.38. The first kappa shape index (κ1) is 14.5. The van der Waals surface area contributed by atoms with Gasteiger partial charge in [0.15, 0.2) is 0 Å². The van der Waals surface area contributed by atoms with E-state index in [0.717, 1.165) is 0 Å². The second-order valence-electron chi connectivity index (χ2n) is 4.41. The average molecular weight is 306 g/mol. The Morgan fingerprint density at radius 1 is 1.58 bits per heavy atom. The third-order valence-electron chi connectivity index (χ3n) is 3.05. The van der Waals surface area contributed by atoms with Gasteiger partial charge in [0.25, 0.3) is 0 Å². The van der Waals surface area contributed by atoms with E-state index in [1.54, 1.807) is 7.05 Å². The molecule has 1 saturated heterocycles. The Morgan fingerprint density at radius 3 is 2.89 bits per heavy atom. The van der Waals surface area contributed by atoms with Crippen LogP contribution in [-0.2, 0) is 10.0 Å². The zero-order valence-corrected chi connectivity index (χ0v) is 12.1. The van der Waals surface area contributed by atoms with Crippen molar-refractivity contribution in [3.63, 3.8) is 0 Å². The Morgan fingerprint density at radius 2 is 2.32 bits per heavy atom. The molecule has 106 valence electrons. The number of aromatic nitrogens is 1. The first-order valence-corrected chi connectivity index (χ1v) is 7.78. The highest BCUT2D eigenvalue weighted by atomic mass is 35.5. The van der Waals surface area contributed by atoms with Crippen LogP contribution in [-0.4, -0.2) is 49.1 Å². The van der Waals surface area contributed by atoms with Crippen LogP contribution in [0.15, 0.2) is 17.2 Å². The Hall–Kier alpha value is -0.890. The molecule has 2 rings (SSSR count). The van der Waals surface area contributed by atoms with Crippen molar-refractivity contribution in [3.05, 3.63) is 17.3 Å². The van der Waals surface area contributed by atoms with E-state index in [2.05, 4.69) is 10.3 Å². The minimum absolute atomic E-state index is 0.0469. The smallest absolute Gasteiger partial charge is 0.244 e. The quantitative estimate of drug-likeness (QED) is 0.868. The van der Waals surface area contributed by atoms with Crippen molar-refractivity contribution in [2.45, 2.75) is 23.8 Å². The number of hydrogen-bond acceptors (Lipinski definition) is 5. The van der Waals surface area contributed by atoms with Gasteiger partial charge in [0.1, 0.15) is 10.7 Å². The predicted octanol–water partition coefficient (Wildman–Crippen LogP) is 0.922. The third kappa shape index (κ3) is 3.00. The highest BCUT2D eigenvalue weighted by molar-refractivity contribution is 7.89. The maximum absolute atomic E-state index is 12.4. The van der Waals surface area contributed by atoms with Crippen LogP contribution in [0.5, 0.6) is 0 Å². The van der Waals surface area contributed by atoms with Gasteiger partial charge in [-0.25, -0.2) is 13.4 Å². The lowest BCUT2D eigenvalue weighted by Gasteiger charge is -2.29. The Bertz CT molecular complexity index is 564. The molecule has 1 atom stereocenters. The highest BCUT2D eigenvalue weighted by Gasteiger charge is 2.30. The van der Waals surface area contributed by atoms with Crippen LogP contribution in [0.2, 0.25) is 5.02 Å². The molecule has 0 amide bonds. The molecule has 1 aromatic heterocycles. The minimum Gasteiger partial charge on any atom is -0.392 e. The number of β-amino-alcohol motifs (C(OH)–C–C–N with tert-alkyl or cyclic N) is 1. The molecule has 0 aromatic carbocycles. The summed E-state index contributed by atoms with van der Waals surface area (Å²) in [6, 6.07) is 1.37. The number of piperidine rings is 1. The van der Waals surface area contributed by atoms with Crippen LogP contribution in [0.25, 0.3) is 0 Å². The van der Waals surface area contributed by atoms with Crippen molar-refractivity contribution in [2.24, 2.45) is 0 Å². The van der Waals surface area contributed by atoms with Gasteiger partial charge < -0.3 is 10.4 Å². The molecule has 0 spiro atoms. The van der Waals surface area contributed by atoms with E-state index in [9.17, 15) is 13.5 Å². The second-order valence-corrected chi connectivity index (χ2v) is 6.76. The van der Waals surface area contributed by atoms with Gasteiger partial charge in [-0.15, -0.1) is 0 Å². The molecule has 0 aliphatic carbocycles. The van der Waals surface area contributed by atoms with E-state index in [-0.39, 0.29) is 16.5 Å². The van der Waals surface area contributed by atoms with Crippen LogP contribution in [0, 0.1) is 0 Å².